The SMILES string of the molecule is CC.Cc1cc(F)c(C(C)C)c(F)c1.Cc1ncc(C(C)C)cc1C(C)C. The van der Waals surface area contributed by atoms with Gasteiger partial charge in [0.25, 0.3) is 0 Å². The van der Waals surface area contributed by atoms with Crippen molar-refractivity contribution in [1.82, 2.24) is 4.98 Å². The van der Waals surface area contributed by atoms with E-state index in [1.807, 2.05) is 20.0 Å². The Bertz CT molecular complexity index is 681. The van der Waals surface area contributed by atoms with E-state index in [-0.39, 0.29) is 11.5 Å². The summed E-state index contributed by atoms with van der Waals surface area (Å²) in [4.78, 5) is 4.42. The van der Waals surface area contributed by atoms with Crippen molar-refractivity contribution in [2.24, 2.45) is 0 Å². The number of pyridine rings is 1. The summed E-state index contributed by atoms with van der Waals surface area (Å²) in [6.45, 7) is 20.2. The third-order valence-corrected chi connectivity index (χ3v) is 4.24. The second-order valence-corrected chi connectivity index (χ2v) is 7.55. The molecule has 0 N–H and O–H groups in total. The molecule has 1 heterocycles. The summed E-state index contributed by atoms with van der Waals surface area (Å²) in [5, 5.41) is 0. The predicted molar refractivity (Wildman–Crippen MR) is 114 cm³/mol. The van der Waals surface area contributed by atoms with E-state index in [9.17, 15) is 8.78 Å². The maximum Gasteiger partial charge on any atom is 0.129 e. The van der Waals surface area contributed by atoms with Crippen molar-refractivity contribution in [3.8, 4) is 0 Å². The molecule has 0 bridgehead atoms. The monoisotopic (exact) mass is 377 g/mol. The maximum absolute atomic E-state index is 13.1. The second kappa shape index (κ2) is 11.8. The van der Waals surface area contributed by atoms with Gasteiger partial charge in [0, 0.05) is 17.5 Å². The Kier molecular flexibility index (Phi) is 11.1. The summed E-state index contributed by atoms with van der Waals surface area (Å²) in [6.07, 6.45) is 1.99. The van der Waals surface area contributed by atoms with Crippen LogP contribution in [0.25, 0.3) is 0 Å². The lowest BCUT2D eigenvalue weighted by Crippen LogP contribution is -1.98. The molecule has 152 valence electrons. The molecule has 0 saturated heterocycles. The molecule has 27 heavy (non-hydrogen) atoms. The van der Waals surface area contributed by atoms with Gasteiger partial charge in [0.2, 0.25) is 0 Å². The Hall–Kier alpha value is -1.77. The lowest BCUT2D eigenvalue weighted by molar-refractivity contribution is 0.540. The fourth-order valence-electron chi connectivity index (χ4n) is 2.73. The fraction of sp³-hybridized carbons (Fsp3) is 0.542. The molecule has 0 spiro atoms. The topological polar surface area (TPSA) is 12.9 Å². The van der Waals surface area contributed by atoms with Crippen LogP contribution in [-0.2, 0) is 0 Å². The van der Waals surface area contributed by atoms with Crippen LogP contribution >= 0.6 is 0 Å². The van der Waals surface area contributed by atoms with Crippen LogP contribution in [0.5, 0.6) is 0 Å². The van der Waals surface area contributed by atoms with Crippen molar-refractivity contribution in [3.63, 3.8) is 0 Å². The van der Waals surface area contributed by atoms with E-state index < -0.39 is 11.6 Å². The number of rotatable bonds is 3. The van der Waals surface area contributed by atoms with Crippen LogP contribution in [0.2, 0.25) is 0 Å². The molecule has 0 aliphatic rings. The zero-order valence-electron chi connectivity index (χ0n) is 18.7. The first-order valence-electron chi connectivity index (χ1n) is 9.96. The molecule has 0 aliphatic heterocycles. The lowest BCUT2D eigenvalue weighted by atomic mass is 9.96. The molecular formula is C24H37F2N. The molecule has 0 fully saturated rings. The Morgan fingerprint density at radius 2 is 1.22 bits per heavy atom. The van der Waals surface area contributed by atoms with E-state index in [0.717, 1.165) is 0 Å². The molecule has 2 rings (SSSR count). The third-order valence-electron chi connectivity index (χ3n) is 4.24. The minimum atomic E-state index is -0.442. The highest BCUT2D eigenvalue weighted by Gasteiger charge is 2.12. The van der Waals surface area contributed by atoms with E-state index in [0.29, 0.717) is 17.4 Å². The van der Waals surface area contributed by atoms with Crippen LogP contribution in [-0.4, -0.2) is 4.98 Å². The summed E-state index contributed by atoms with van der Waals surface area (Å²) >= 11 is 0. The highest BCUT2D eigenvalue weighted by molar-refractivity contribution is 5.29. The quantitative estimate of drug-likeness (QED) is 0.527. The van der Waals surface area contributed by atoms with Crippen molar-refractivity contribution in [1.29, 1.82) is 0 Å². The van der Waals surface area contributed by atoms with Gasteiger partial charge in [-0.3, -0.25) is 4.98 Å². The van der Waals surface area contributed by atoms with Crippen LogP contribution in [0, 0.1) is 25.5 Å². The molecule has 1 aromatic carbocycles. The van der Waals surface area contributed by atoms with E-state index in [1.165, 1.54) is 29.0 Å². The van der Waals surface area contributed by atoms with Crippen LogP contribution < -0.4 is 0 Å². The summed E-state index contributed by atoms with van der Waals surface area (Å²) in [5.41, 5.74) is 4.69. The van der Waals surface area contributed by atoms with Crippen molar-refractivity contribution in [2.45, 2.75) is 87.0 Å². The zero-order valence-corrected chi connectivity index (χ0v) is 18.7. The number of benzene rings is 1. The Balaban J connectivity index is 0.000000460. The maximum atomic E-state index is 13.1. The minimum absolute atomic E-state index is 0.106. The van der Waals surface area contributed by atoms with Gasteiger partial charge in [-0.25, -0.2) is 8.78 Å². The largest absolute Gasteiger partial charge is 0.261 e. The molecule has 0 radical (unpaired) electrons. The second-order valence-electron chi connectivity index (χ2n) is 7.55. The molecule has 0 saturated carbocycles. The molecule has 0 atom stereocenters. The smallest absolute Gasteiger partial charge is 0.129 e. The molecular weight excluding hydrogens is 340 g/mol. The lowest BCUT2D eigenvalue weighted by Gasteiger charge is -2.12. The van der Waals surface area contributed by atoms with E-state index >= 15 is 0 Å². The van der Waals surface area contributed by atoms with Gasteiger partial charge in [-0.1, -0.05) is 61.5 Å². The molecule has 3 heteroatoms. The van der Waals surface area contributed by atoms with E-state index in [4.69, 9.17) is 0 Å². The summed E-state index contributed by atoms with van der Waals surface area (Å²) in [5.74, 6) is 0.160. The first kappa shape index (κ1) is 25.2. The Morgan fingerprint density at radius 3 is 1.59 bits per heavy atom. The van der Waals surface area contributed by atoms with Crippen molar-refractivity contribution < 1.29 is 8.78 Å². The van der Waals surface area contributed by atoms with Crippen LogP contribution in [0.4, 0.5) is 8.78 Å². The van der Waals surface area contributed by atoms with Crippen LogP contribution in [0.15, 0.2) is 24.4 Å². The number of aromatic nitrogens is 1. The van der Waals surface area contributed by atoms with E-state index in [2.05, 4.69) is 45.7 Å². The van der Waals surface area contributed by atoms with E-state index in [1.54, 1.807) is 20.8 Å². The first-order chi connectivity index (χ1) is 12.5. The van der Waals surface area contributed by atoms with Gasteiger partial charge in [-0.15, -0.1) is 0 Å². The van der Waals surface area contributed by atoms with Gasteiger partial charge < -0.3 is 0 Å². The molecule has 1 aromatic heterocycles. The number of nitrogens with zero attached hydrogens (tertiary/aromatic N) is 1. The highest BCUT2D eigenvalue weighted by Crippen LogP contribution is 2.23. The zero-order chi connectivity index (χ0) is 21.3. The Labute approximate surface area is 165 Å². The van der Waals surface area contributed by atoms with Gasteiger partial charge in [-0.05, 0) is 60.4 Å². The molecule has 0 amide bonds. The van der Waals surface area contributed by atoms with Gasteiger partial charge in [0.15, 0.2) is 0 Å². The normalized spacial score (nSPS) is 10.5. The van der Waals surface area contributed by atoms with Gasteiger partial charge in [0.05, 0.1) is 0 Å². The minimum Gasteiger partial charge on any atom is -0.261 e. The predicted octanol–water partition coefficient (Wildman–Crippen LogP) is 8.06. The van der Waals surface area contributed by atoms with Crippen molar-refractivity contribution in [2.75, 3.05) is 0 Å². The number of hydrogen-bond donors (Lipinski definition) is 0. The summed E-state index contributed by atoms with van der Waals surface area (Å²) in [7, 11) is 0. The Morgan fingerprint density at radius 1 is 0.741 bits per heavy atom. The fourth-order valence-corrected chi connectivity index (χ4v) is 2.73. The number of hydrogen-bond acceptors (Lipinski definition) is 1. The molecule has 0 unspecified atom stereocenters. The summed E-state index contributed by atoms with van der Waals surface area (Å²) in [6, 6.07) is 5.01. The van der Waals surface area contributed by atoms with Crippen molar-refractivity contribution in [3.05, 3.63) is 64.0 Å². The summed E-state index contributed by atoms with van der Waals surface area (Å²) < 4.78 is 26.2. The number of aryl methyl sites for hydroxylation is 2. The standard InChI is InChI=1S/C12H19N.C10H12F2.C2H6/c1-8(2)11-6-12(9(3)4)10(5)13-7-11;1-6(2)10-8(11)4-7(3)5-9(10)12;1-2/h6-9H,1-5H3;4-6H,1-3H3;1-2H3. The molecule has 0 aliphatic carbocycles. The molecule has 1 nitrogen and oxygen atoms in total. The van der Waals surface area contributed by atoms with Gasteiger partial charge in [-0.2, -0.15) is 0 Å². The average Bonchev–Trinajstić information content (AvgIpc) is 2.55. The third kappa shape index (κ3) is 7.78. The average molecular weight is 378 g/mol. The van der Waals surface area contributed by atoms with Crippen LogP contribution in [0.1, 0.15) is 101 Å². The van der Waals surface area contributed by atoms with Crippen molar-refractivity contribution >= 4 is 0 Å². The van der Waals surface area contributed by atoms with Gasteiger partial charge >= 0.3 is 0 Å². The van der Waals surface area contributed by atoms with Gasteiger partial charge in [0.1, 0.15) is 11.6 Å². The first-order valence-corrected chi connectivity index (χ1v) is 9.96. The molecule has 2 aromatic rings. The van der Waals surface area contributed by atoms with Crippen LogP contribution in [0.3, 0.4) is 0 Å². The number of halogens is 2. The highest BCUT2D eigenvalue weighted by atomic mass is 19.1.